The second-order valence-electron chi connectivity index (χ2n) is 6.26. The van der Waals surface area contributed by atoms with Crippen LogP contribution in [0, 0.1) is 6.92 Å². The molecule has 7 heteroatoms. The monoisotopic (exact) mass is 337 g/mol. The highest BCUT2D eigenvalue weighted by atomic mass is 16.5. The van der Waals surface area contributed by atoms with Gasteiger partial charge in [-0.2, -0.15) is 5.10 Å². The van der Waals surface area contributed by atoms with Crippen LogP contribution in [0.1, 0.15) is 28.9 Å². The van der Waals surface area contributed by atoms with Crippen molar-refractivity contribution in [3.05, 3.63) is 54.2 Å². The summed E-state index contributed by atoms with van der Waals surface area (Å²) in [6.45, 7) is 3.16. The summed E-state index contributed by atoms with van der Waals surface area (Å²) in [5.41, 5.74) is 2.29. The predicted octanol–water partition coefficient (Wildman–Crippen LogP) is 2.26. The van der Waals surface area contributed by atoms with E-state index in [9.17, 15) is 4.79 Å². The van der Waals surface area contributed by atoms with Crippen molar-refractivity contribution in [3.8, 4) is 0 Å². The maximum Gasteiger partial charge on any atom is 0.338 e. The van der Waals surface area contributed by atoms with Gasteiger partial charge in [-0.25, -0.2) is 9.78 Å². The summed E-state index contributed by atoms with van der Waals surface area (Å²) in [5.74, 6) is 0.523. The molecule has 1 fully saturated rings. The lowest BCUT2D eigenvalue weighted by Gasteiger charge is -2.24. The number of anilines is 1. The number of fused-ring (bicyclic) bond motifs is 1. The molecule has 3 aromatic rings. The average Bonchev–Trinajstić information content (AvgIpc) is 3.28. The molecule has 0 saturated carbocycles. The summed E-state index contributed by atoms with van der Waals surface area (Å²) >= 11 is 0. The van der Waals surface area contributed by atoms with Crippen LogP contribution in [-0.4, -0.2) is 44.7 Å². The summed E-state index contributed by atoms with van der Waals surface area (Å²) in [7, 11) is 0. The van der Waals surface area contributed by atoms with Gasteiger partial charge in [0.2, 0.25) is 0 Å². The normalized spacial score (nSPS) is 17.2. The molecular weight excluding hydrogens is 318 g/mol. The van der Waals surface area contributed by atoms with Gasteiger partial charge in [0.05, 0.1) is 35.3 Å². The number of ether oxygens (including phenoxy) is 1. The minimum atomic E-state index is -0.314. The second kappa shape index (κ2) is 6.51. The van der Waals surface area contributed by atoms with E-state index < -0.39 is 0 Å². The molecule has 0 amide bonds. The summed E-state index contributed by atoms with van der Waals surface area (Å²) in [6.07, 6.45) is 7.25. The molecule has 4 heterocycles. The van der Waals surface area contributed by atoms with Crippen LogP contribution in [-0.2, 0) is 4.74 Å². The fourth-order valence-electron chi connectivity index (χ4n) is 3.16. The number of esters is 1. The van der Waals surface area contributed by atoms with Crippen LogP contribution in [0.25, 0.3) is 5.52 Å². The Hall–Kier alpha value is -2.96. The number of pyridine rings is 1. The zero-order valence-electron chi connectivity index (χ0n) is 14.0. The largest absolute Gasteiger partial charge is 0.460 e. The molecule has 0 radical (unpaired) electrons. The molecule has 1 aliphatic rings. The number of hydrogen-bond donors (Lipinski definition) is 0. The molecule has 7 nitrogen and oxygen atoms in total. The van der Waals surface area contributed by atoms with Crippen molar-refractivity contribution < 1.29 is 9.53 Å². The van der Waals surface area contributed by atoms with E-state index in [2.05, 4.69) is 20.1 Å². The summed E-state index contributed by atoms with van der Waals surface area (Å²) < 4.78 is 7.41. The molecule has 0 unspecified atom stereocenters. The molecular formula is C18H19N5O2. The van der Waals surface area contributed by atoms with Crippen LogP contribution in [0.5, 0.6) is 0 Å². The van der Waals surface area contributed by atoms with E-state index in [-0.39, 0.29) is 12.0 Å². The fourth-order valence-corrected chi connectivity index (χ4v) is 3.16. The van der Waals surface area contributed by atoms with E-state index in [1.54, 1.807) is 24.7 Å². The van der Waals surface area contributed by atoms with Crippen molar-refractivity contribution in [1.82, 2.24) is 19.6 Å². The number of aryl methyl sites for hydroxylation is 1. The number of rotatable bonds is 4. The molecule has 25 heavy (non-hydrogen) atoms. The fraction of sp³-hybridized carbons (Fsp3) is 0.333. The first-order chi connectivity index (χ1) is 12.2. The zero-order chi connectivity index (χ0) is 17.2. The van der Waals surface area contributed by atoms with Crippen LogP contribution >= 0.6 is 0 Å². The van der Waals surface area contributed by atoms with Crippen molar-refractivity contribution in [3.63, 3.8) is 0 Å². The van der Waals surface area contributed by atoms with Gasteiger partial charge in [0.25, 0.3) is 0 Å². The van der Waals surface area contributed by atoms with Crippen molar-refractivity contribution in [1.29, 1.82) is 0 Å². The molecule has 0 spiro atoms. The third kappa shape index (κ3) is 3.17. The lowest BCUT2D eigenvalue weighted by atomic mass is 10.2. The predicted molar refractivity (Wildman–Crippen MR) is 92.6 cm³/mol. The SMILES string of the molecule is Cc1ccc(N2CCC[C@@H]2COC(=O)c2ccn3cncc3c2)nn1. The Bertz CT molecular complexity index is 890. The average molecular weight is 337 g/mol. The van der Waals surface area contributed by atoms with Crippen LogP contribution in [0.3, 0.4) is 0 Å². The van der Waals surface area contributed by atoms with Crippen LogP contribution in [0.15, 0.2) is 43.0 Å². The lowest BCUT2D eigenvalue weighted by Crippen LogP contribution is -2.34. The third-order valence-electron chi connectivity index (χ3n) is 4.51. The van der Waals surface area contributed by atoms with E-state index in [1.807, 2.05) is 29.7 Å². The first kappa shape index (κ1) is 15.6. The van der Waals surface area contributed by atoms with Crippen molar-refractivity contribution in [2.75, 3.05) is 18.1 Å². The highest BCUT2D eigenvalue weighted by Gasteiger charge is 2.27. The van der Waals surface area contributed by atoms with Gasteiger partial charge in [-0.1, -0.05) is 0 Å². The van der Waals surface area contributed by atoms with E-state index in [4.69, 9.17) is 4.74 Å². The Kier molecular flexibility index (Phi) is 4.05. The Morgan fingerprint density at radius 1 is 1.32 bits per heavy atom. The first-order valence-corrected chi connectivity index (χ1v) is 8.36. The smallest absolute Gasteiger partial charge is 0.338 e. The number of aromatic nitrogens is 4. The van der Waals surface area contributed by atoms with Gasteiger partial charge >= 0.3 is 5.97 Å². The summed E-state index contributed by atoms with van der Waals surface area (Å²) in [5, 5.41) is 8.37. The standard InChI is InChI=1S/C18H19N5O2/c1-13-4-5-17(21-20-13)23-7-2-3-15(23)11-25-18(24)14-6-8-22-12-19-10-16(22)9-14/h4-6,8-10,12,15H,2-3,7,11H2,1H3/t15-/m1/s1. The zero-order valence-corrected chi connectivity index (χ0v) is 14.0. The number of imidazole rings is 1. The number of carbonyl (C=O) groups is 1. The number of hydrogen-bond acceptors (Lipinski definition) is 6. The molecule has 128 valence electrons. The van der Waals surface area contributed by atoms with Crippen molar-refractivity contribution in [2.45, 2.75) is 25.8 Å². The van der Waals surface area contributed by atoms with Gasteiger partial charge in [0.1, 0.15) is 6.61 Å². The van der Waals surface area contributed by atoms with E-state index in [0.29, 0.717) is 12.2 Å². The van der Waals surface area contributed by atoms with Crippen LogP contribution < -0.4 is 4.90 Å². The highest BCUT2D eigenvalue weighted by Crippen LogP contribution is 2.23. The minimum absolute atomic E-state index is 0.139. The summed E-state index contributed by atoms with van der Waals surface area (Å²) in [6, 6.07) is 7.59. The molecule has 0 bridgehead atoms. The Morgan fingerprint density at radius 3 is 3.08 bits per heavy atom. The maximum absolute atomic E-state index is 12.4. The maximum atomic E-state index is 12.4. The Labute approximate surface area is 145 Å². The Morgan fingerprint density at radius 2 is 2.24 bits per heavy atom. The molecule has 1 saturated heterocycles. The molecule has 0 N–H and O–H groups in total. The van der Waals surface area contributed by atoms with E-state index in [1.165, 1.54) is 0 Å². The third-order valence-corrected chi connectivity index (χ3v) is 4.51. The van der Waals surface area contributed by atoms with Gasteiger partial charge in [-0.3, -0.25) is 0 Å². The molecule has 1 atom stereocenters. The van der Waals surface area contributed by atoms with Crippen LogP contribution in [0.4, 0.5) is 5.82 Å². The van der Waals surface area contributed by atoms with Gasteiger partial charge in [-0.05, 0) is 44.0 Å². The Balaban J connectivity index is 1.42. The quantitative estimate of drug-likeness (QED) is 0.680. The highest BCUT2D eigenvalue weighted by molar-refractivity contribution is 5.90. The van der Waals surface area contributed by atoms with E-state index in [0.717, 1.165) is 36.4 Å². The van der Waals surface area contributed by atoms with Gasteiger partial charge in [0.15, 0.2) is 5.82 Å². The lowest BCUT2D eigenvalue weighted by molar-refractivity contribution is 0.0482. The number of carbonyl (C=O) groups excluding carboxylic acids is 1. The number of nitrogens with zero attached hydrogens (tertiary/aromatic N) is 5. The summed E-state index contributed by atoms with van der Waals surface area (Å²) in [4.78, 5) is 18.6. The minimum Gasteiger partial charge on any atom is -0.460 e. The molecule has 3 aromatic heterocycles. The first-order valence-electron chi connectivity index (χ1n) is 8.36. The van der Waals surface area contributed by atoms with Crippen LogP contribution in [0.2, 0.25) is 0 Å². The molecule has 0 aromatic carbocycles. The molecule has 4 rings (SSSR count). The second-order valence-corrected chi connectivity index (χ2v) is 6.26. The van der Waals surface area contributed by atoms with Crippen molar-refractivity contribution in [2.24, 2.45) is 0 Å². The molecule has 0 aliphatic carbocycles. The molecule has 1 aliphatic heterocycles. The van der Waals surface area contributed by atoms with Gasteiger partial charge in [0, 0.05) is 12.7 Å². The van der Waals surface area contributed by atoms with E-state index >= 15 is 0 Å². The van der Waals surface area contributed by atoms with Gasteiger partial charge < -0.3 is 14.0 Å². The topological polar surface area (TPSA) is 72.6 Å². The van der Waals surface area contributed by atoms with Crippen molar-refractivity contribution >= 4 is 17.3 Å². The van der Waals surface area contributed by atoms with Gasteiger partial charge in [-0.15, -0.1) is 5.10 Å².